The monoisotopic (exact) mass is 358 g/mol. The Morgan fingerprint density at radius 3 is 2.08 bits per heavy atom. The molecule has 5 heteroatoms. The van der Waals surface area contributed by atoms with E-state index in [-0.39, 0.29) is 0 Å². The third-order valence-corrected chi connectivity index (χ3v) is 6.38. The Morgan fingerprint density at radius 2 is 1.56 bits per heavy atom. The number of benzene rings is 2. The molecule has 0 radical (unpaired) electrons. The summed E-state index contributed by atoms with van der Waals surface area (Å²) in [6.07, 6.45) is 2.37. The first-order chi connectivity index (χ1) is 12.3. The summed E-state index contributed by atoms with van der Waals surface area (Å²) in [7, 11) is -1.92. The summed E-state index contributed by atoms with van der Waals surface area (Å²) in [5.41, 5.74) is 0.376. The number of para-hydroxylation sites is 2. The highest BCUT2D eigenvalue weighted by atomic mass is 28.3. The molecular formula is C20H26O4Si. The molecule has 0 amide bonds. The third kappa shape index (κ3) is 6.53. The first-order valence-corrected chi connectivity index (χ1v) is 10.5. The largest absolute Gasteiger partial charge is 0.514 e. The Balaban J connectivity index is 1.52. The molecule has 1 aliphatic rings. The number of hydrogen-bond donors (Lipinski definition) is 0. The van der Waals surface area contributed by atoms with Crippen molar-refractivity contribution in [3.63, 3.8) is 0 Å². The SMILES string of the molecule is CC(CCCOCC1CO1)[SiH](Oc1ccccc1)Oc1ccccc1. The minimum atomic E-state index is -1.92. The molecule has 3 rings (SSSR count). The highest BCUT2D eigenvalue weighted by Crippen LogP contribution is 2.24. The fourth-order valence-corrected chi connectivity index (χ4v) is 4.42. The number of epoxide rings is 1. The fraction of sp³-hybridized carbons (Fsp3) is 0.400. The molecule has 134 valence electrons. The van der Waals surface area contributed by atoms with Crippen LogP contribution in [-0.2, 0) is 9.47 Å². The van der Waals surface area contributed by atoms with Gasteiger partial charge in [0.25, 0.3) is 0 Å². The minimum absolute atomic E-state index is 0.336. The van der Waals surface area contributed by atoms with Gasteiger partial charge in [0.1, 0.15) is 17.6 Å². The van der Waals surface area contributed by atoms with Crippen molar-refractivity contribution in [2.75, 3.05) is 19.8 Å². The zero-order chi connectivity index (χ0) is 17.3. The summed E-state index contributed by atoms with van der Waals surface area (Å²) in [6, 6.07) is 19.9. The van der Waals surface area contributed by atoms with E-state index in [1.54, 1.807) is 0 Å². The second-order valence-electron chi connectivity index (χ2n) is 6.38. The van der Waals surface area contributed by atoms with Crippen molar-refractivity contribution in [1.29, 1.82) is 0 Å². The molecule has 0 aromatic heterocycles. The van der Waals surface area contributed by atoms with Gasteiger partial charge in [-0.3, -0.25) is 0 Å². The molecule has 0 spiro atoms. The lowest BCUT2D eigenvalue weighted by Gasteiger charge is -2.24. The Labute approximate surface area is 151 Å². The minimum Gasteiger partial charge on any atom is -0.514 e. The van der Waals surface area contributed by atoms with Crippen LogP contribution in [0.3, 0.4) is 0 Å². The van der Waals surface area contributed by atoms with Crippen LogP contribution in [-0.4, -0.2) is 35.2 Å². The van der Waals surface area contributed by atoms with Crippen molar-refractivity contribution in [1.82, 2.24) is 0 Å². The van der Waals surface area contributed by atoms with Crippen LogP contribution in [0.1, 0.15) is 19.8 Å². The average molecular weight is 359 g/mol. The van der Waals surface area contributed by atoms with Crippen molar-refractivity contribution in [2.24, 2.45) is 0 Å². The van der Waals surface area contributed by atoms with Crippen molar-refractivity contribution >= 4 is 9.28 Å². The topological polar surface area (TPSA) is 40.2 Å². The van der Waals surface area contributed by atoms with Crippen LogP contribution in [0, 0.1) is 0 Å². The van der Waals surface area contributed by atoms with E-state index in [1.807, 2.05) is 60.7 Å². The molecule has 0 saturated carbocycles. The first-order valence-electron chi connectivity index (χ1n) is 8.94. The molecule has 1 heterocycles. The predicted octanol–water partition coefficient (Wildman–Crippen LogP) is 3.95. The van der Waals surface area contributed by atoms with Crippen LogP contribution in [0.2, 0.25) is 5.54 Å². The van der Waals surface area contributed by atoms with Gasteiger partial charge in [-0.25, -0.2) is 0 Å². The molecule has 2 atom stereocenters. The summed E-state index contributed by atoms with van der Waals surface area (Å²) < 4.78 is 23.3. The normalized spacial score (nSPS) is 17.3. The average Bonchev–Trinajstić information content (AvgIpc) is 3.47. The Bertz CT molecular complexity index is 562. The molecule has 1 saturated heterocycles. The van der Waals surface area contributed by atoms with Gasteiger partial charge in [-0.2, -0.15) is 0 Å². The van der Waals surface area contributed by atoms with Crippen molar-refractivity contribution < 1.29 is 18.3 Å². The van der Waals surface area contributed by atoms with Crippen molar-refractivity contribution in [3.8, 4) is 11.5 Å². The zero-order valence-electron chi connectivity index (χ0n) is 14.7. The van der Waals surface area contributed by atoms with Crippen molar-refractivity contribution in [3.05, 3.63) is 60.7 Å². The molecule has 1 fully saturated rings. The lowest BCUT2D eigenvalue weighted by Crippen LogP contribution is -2.34. The van der Waals surface area contributed by atoms with E-state index in [4.69, 9.17) is 18.3 Å². The van der Waals surface area contributed by atoms with Crippen LogP contribution in [0.25, 0.3) is 0 Å². The maximum absolute atomic E-state index is 6.24. The lowest BCUT2D eigenvalue weighted by molar-refractivity contribution is 0.113. The van der Waals surface area contributed by atoms with Gasteiger partial charge in [-0.1, -0.05) is 43.3 Å². The van der Waals surface area contributed by atoms with Gasteiger partial charge in [0.15, 0.2) is 0 Å². The highest BCUT2D eigenvalue weighted by Gasteiger charge is 2.26. The maximum Gasteiger partial charge on any atom is 0.447 e. The van der Waals surface area contributed by atoms with Crippen LogP contribution < -0.4 is 8.85 Å². The van der Waals surface area contributed by atoms with Gasteiger partial charge in [0.2, 0.25) is 0 Å². The summed E-state index contributed by atoms with van der Waals surface area (Å²) in [5.74, 6) is 1.76. The second kappa shape index (κ2) is 9.61. The molecule has 2 unspecified atom stereocenters. The van der Waals surface area contributed by atoms with Gasteiger partial charge in [0, 0.05) is 12.1 Å². The molecular weight excluding hydrogens is 332 g/mol. The Kier molecular flexibility index (Phi) is 6.91. The number of hydrogen-bond acceptors (Lipinski definition) is 4. The molecule has 25 heavy (non-hydrogen) atoms. The third-order valence-electron chi connectivity index (χ3n) is 4.11. The highest BCUT2D eigenvalue weighted by molar-refractivity contribution is 6.48. The summed E-state index contributed by atoms with van der Waals surface area (Å²) in [6.45, 7) is 4.55. The number of rotatable bonds is 11. The van der Waals surface area contributed by atoms with Gasteiger partial charge in [0.05, 0.1) is 13.2 Å². The summed E-state index contributed by atoms with van der Waals surface area (Å²) in [4.78, 5) is 0. The molecule has 0 aliphatic carbocycles. The van der Waals surface area contributed by atoms with E-state index in [0.29, 0.717) is 11.6 Å². The van der Waals surface area contributed by atoms with E-state index in [0.717, 1.165) is 44.2 Å². The molecule has 2 aromatic carbocycles. The van der Waals surface area contributed by atoms with Crippen LogP contribution >= 0.6 is 0 Å². The van der Waals surface area contributed by atoms with E-state index >= 15 is 0 Å². The smallest absolute Gasteiger partial charge is 0.447 e. The predicted molar refractivity (Wildman–Crippen MR) is 101 cm³/mol. The quantitative estimate of drug-likeness (QED) is 0.346. The maximum atomic E-state index is 6.24. The molecule has 4 nitrogen and oxygen atoms in total. The van der Waals surface area contributed by atoms with E-state index in [9.17, 15) is 0 Å². The van der Waals surface area contributed by atoms with E-state index in [2.05, 4.69) is 6.92 Å². The van der Waals surface area contributed by atoms with Gasteiger partial charge >= 0.3 is 9.28 Å². The molecule has 1 aliphatic heterocycles. The zero-order valence-corrected chi connectivity index (χ0v) is 15.8. The van der Waals surface area contributed by atoms with E-state index < -0.39 is 9.28 Å². The molecule has 2 aromatic rings. The molecule has 0 bridgehead atoms. The lowest BCUT2D eigenvalue weighted by atomic mass is 10.2. The van der Waals surface area contributed by atoms with Gasteiger partial charge in [-0.15, -0.1) is 0 Å². The van der Waals surface area contributed by atoms with Gasteiger partial charge in [-0.05, 0) is 37.1 Å². The van der Waals surface area contributed by atoms with Crippen molar-refractivity contribution in [2.45, 2.75) is 31.4 Å². The standard InChI is InChI=1S/C20H26O4Si/c1-17(9-8-14-21-15-20-16-22-20)25(23-18-10-4-2-5-11-18)24-19-12-6-3-7-13-19/h2-7,10-13,17,20,25H,8-9,14-16H2,1H3. The first kappa shape index (κ1) is 18.0. The fourth-order valence-electron chi connectivity index (χ4n) is 2.55. The number of ether oxygens (including phenoxy) is 2. The van der Waals surface area contributed by atoms with Crippen LogP contribution in [0.4, 0.5) is 0 Å². The Hall–Kier alpha value is -1.82. The van der Waals surface area contributed by atoms with Crippen LogP contribution in [0.15, 0.2) is 60.7 Å². The summed E-state index contributed by atoms with van der Waals surface area (Å²) in [5, 5.41) is 0. The molecule has 0 N–H and O–H groups in total. The van der Waals surface area contributed by atoms with Gasteiger partial charge < -0.3 is 18.3 Å². The summed E-state index contributed by atoms with van der Waals surface area (Å²) >= 11 is 0. The van der Waals surface area contributed by atoms with E-state index in [1.165, 1.54) is 0 Å². The van der Waals surface area contributed by atoms with Crippen LogP contribution in [0.5, 0.6) is 11.5 Å². The Morgan fingerprint density at radius 1 is 1.00 bits per heavy atom. The second-order valence-corrected chi connectivity index (χ2v) is 8.73.